The predicted molar refractivity (Wildman–Crippen MR) is 86.3 cm³/mol. The number of para-hydroxylation sites is 2. The van der Waals surface area contributed by atoms with Crippen LogP contribution in [0, 0.1) is 5.92 Å². The number of fused-ring (bicyclic) bond motifs is 1. The summed E-state index contributed by atoms with van der Waals surface area (Å²) in [5, 5.41) is 0. The molecule has 2 aromatic rings. The highest BCUT2D eigenvalue weighted by atomic mass is 16.2. The molecular weight excluding hydrogens is 260 g/mol. The van der Waals surface area contributed by atoms with Crippen molar-refractivity contribution < 1.29 is 4.79 Å². The second-order valence-electron chi connectivity index (χ2n) is 5.62. The van der Waals surface area contributed by atoms with Gasteiger partial charge in [-0.1, -0.05) is 50.2 Å². The lowest BCUT2D eigenvalue weighted by Gasteiger charge is -2.18. The summed E-state index contributed by atoms with van der Waals surface area (Å²) in [4.78, 5) is 19.1. The minimum absolute atomic E-state index is 0.00578. The van der Waals surface area contributed by atoms with Crippen LogP contribution in [0.15, 0.2) is 59.6 Å². The van der Waals surface area contributed by atoms with E-state index in [4.69, 9.17) is 0 Å². The summed E-state index contributed by atoms with van der Waals surface area (Å²) in [6.07, 6.45) is 0. The van der Waals surface area contributed by atoms with E-state index in [0.29, 0.717) is 18.2 Å². The second kappa shape index (κ2) is 5.52. The summed E-state index contributed by atoms with van der Waals surface area (Å²) < 4.78 is 0. The molecule has 2 aromatic carbocycles. The number of carbonyl (C=O) groups excluding carboxylic acids is 1. The van der Waals surface area contributed by atoms with E-state index < -0.39 is 0 Å². The molecule has 0 saturated heterocycles. The number of aliphatic imine (C=N–C) groups is 1. The van der Waals surface area contributed by atoms with Gasteiger partial charge in [-0.25, -0.2) is 4.99 Å². The monoisotopic (exact) mass is 278 g/mol. The van der Waals surface area contributed by atoms with Crippen LogP contribution in [0.2, 0.25) is 0 Å². The third kappa shape index (κ3) is 2.59. The Bertz CT molecular complexity index is 689. The van der Waals surface area contributed by atoms with E-state index in [1.165, 1.54) is 0 Å². The Morgan fingerprint density at radius 3 is 2.38 bits per heavy atom. The molecule has 3 nitrogen and oxygen atoms in total. The predicted octanol–water partition coefficient (Wildman–Crippen LogP) is 3.81. The molecule has 1 amide bonds. The first-order chi connectivity index (χ1) is 10.2. The molecule has 0 atom stereocenters. The molecule has 0 fully saturated rings. The average molecular weight is 278 g/mol. The first kappa shape index (κ1) is 13.6. The summed E-state index contributed by atoms with van der Waals surface area (Å²) in [5.74, 6) is 0.409. The van der Waals surface area contributed by atoms with Gasteiger partial charge in [-0.3, -0.25) is 4.79 Å². The van der Waals surface area contributed by atoms with Crippen LogP contribution in [0.3, 0.4) is 0 Å². The fourth-order valence-corrected chi connectivity index (χ4v) is 2.55. The normalized spacial score (nSPS) is 15.9. The molecule has 0 radical (unpaired) electrons. The van der Waals surface area contributed by atoms with E-state index in [1.54, 1.807) is 0 Å². The van der Waals surface area contributed by atoms with Gasteiger partial charge in [-0.15, -0.1) is 0 Å². The lowest BCUT2D eigenvalue weighted by Crippen LogP contribution is -2.33. The minimum Gasteiger partial charge on any atom is -0.306 e. The highest BCUT2D eigenvalue weighted by molar-refractivity contribution is 6.54. The number of hydrogen-bond donors (Lipinski definition) is 0. The van der Waals surface area contributed by atoms with Crippen molar-refractivity contribution in [2.75, 3.05) is 11.4 Å². The van der Waals surface area contributed by atoms with Gasteiger partial charge in [0, 0.05) is 12.1 Å². The molecule has 1 heterocycles. The van der Waals surface area contributed by atoms with Gasteiger partial charge in [0.1, 0.15) is 5.71 Å². The number of amides is 1. The van der Waals surface area contributed by atoms with Crippen molar-refractivity contribution in [2.45, 2.75) is 13.8 Å². The molecule has 0 N–H and O–H groups in total. The Kier molecular flexibility index (Phi) is 3.57. The van der Waals surface area contributed by atoms with Crippen LogP contribution in [0.1, 0.15) is 19.4 Å². The van der Waals surface area contributed by atoms with Crippen molar-refractivity contribution in [3.63, 3.8) is 0 Å². The maximum absolute atomic E-state index is 12.7. The van der Waals surface area contributed by atoms with Crippen LogP contribution in [-0.2, 0) is 4.79 Å². The molecule has 1 aliphatic heterocycles. The molecular formula is C18H18N2O. The zero-order valence-electron chi connectivity index (χ0n) is 12.3. The standard InChI is InChI=1S/C18H18N2O/c1-13(2)12-20-16-11-7-6-10-15(16)17(18(20)21)19-14-8-4-3-5-9-14/h3-11,13H,12H2,1-2H3. The van der Waals surface area contributed by atoms with Gasteiger partial charge in [0.05, 0.1) is 11.4 Å². The Balaban J connectivity index is 2.07. The third-order valence-electron chi connectivity index (χ3n) is 3.44. The third-order valence-corrected chi connectivity index (χ3v) is 3.44. The molecule has 106 valence electrons. The van der Waals surface area contributed by atoms with Crippen molar-refractivity contribution in [1.29, 1.82) is 0 Å². The smallest absolute Gasteiger partial charge is 0.277 e. The highest BCUT2D eigenvalue weighted by Crippen LogP contribution is 2.31. The molecule has 0 aromatic heterocycles. The Labute approximate surface area is 124 Å². The fourth-order valence-electron chi connectivity index (χ4n) is 2.55. The molecule has 3 rings (SSSR count). The van der Waals surface area contributed by atoms with E-state index in [1.807, 2.05) is 59.5 Å². The van der Waals surface area contributed by atoms with Crippen LogP contribution < -0.4 is 4.90 Å². The summed E-state index contributed by atoms with van der Waals surface area (Å²) >= 11 is 0. The molecule has 3 heteroatoms. The Hall–Kier alpha value is -2.42. The zero-order chi connectivity index (χ0) is 14.8. The first-order valence-electron chi connectivity index (χ1n) is 7.22. The highest BCUT2D eigenvalue weighted by Gasteiger charge is 2.33. The van der Waals surface area contributed by atoms with Gasteiger partial charge in [0.25, 0.3) is 5.91 Å². The van der Waals surface area contributed by atoms with Crippen LogP contribution in [0.4, 0.5) is 11.4 Å². The number of benzene rings is 2. The van der Waals surface area contributed by atoms with E-state index in [-0.39, 0.29) is 5.91 Å². The Morgan fingerprint density at radius 1 is 1.00 bits per heavy atom. The summed E-state index contributed by atoms with van der Waals surface area (Å²) in [5.41, 5.74) is 3.23. The van der Waals surface area contributed by atoms with Crippen molar-refractivity contribution in [1.82, 2.24) is 0 Å². The number of rotatable bonds is 3. The second-order valence-corrected chi connectivity index (χ2v) is 5.62. The lowest BCUT2D eigenvalue weighted by molar-refractivity contribution is -0.112. The van der Waals surface area contributed by atoms with Crippen molar-refractivity contribution in [2.24, 2.45) is 10.9 Å². The quantitative estimate of drug-likeness (QED) is 0.840. The number of nitrogens with zero attached hydrogens (tertiary/aromatic N) is 2. The summed E-state index contributed by atoms with van der Waals surface area (Å²) in [7, 11) is 0. The van der Waals surface area contributed by atoms with Gasteiger partial charge in [-0.2, -0.15) is 0 Å². The molecule has 1 aliphatic rings. The number of anilines is 1. The topological polar surface area (TPSA) is 32.7 Å². The van der Waals surface area contributed by atoms with Crippen molar-refractivity contribution in [3.8, 4) is 0 Å². The summed E-state index contributed by atoms with van der Waals surface area (Å²) in [6, 6.07) is 17.5. The SMILES string of the molecule is CC(C)CN1C(=O)C(=Nc2ccccc2)c2ccccc21. The molecule has 0 aliphatic carbocycles. The average Bonchev–Trinajstić information content (AvgIpc) is 2.74. The maximum atomic E-state index is 12.7. The Morgan fingerprint density at radius 2 is 1.67 bits per heavy atom. The van der Waals surface area contributed by atoms with Crippen LogP contribution in [0.25, 0.3) is 0 Å². The van der Waals surface area contributed by atoms with E-state index in [0.717, 1.165) is 16.9 Å². The van der Waals surface area contributed by atoms with Crippen LogP contribution in [-0.4, -0.2) is 18.2 Å². The number of hydrogen-bond acceptors (Lipinski definition) is 2. The molecule has 21 heavy (non-hydrogen) atoms. The fraction of sp³-hybridized carbons (Fsp3) is 0.222. The summed E-state index contributed by atoms with van der Waals surface area (Å²) in [6.45, 7) is 4.94. The maximum Gasteiger partial charge on any atom is 0.277 e. The van der Waals surface area contributed by atoms with Crippen molar-refractivity contribution >= 4 is 23.0 Å². The number of carbonyl (C=O) groups is 1. The minimum atomic E-state index is -0.00578. The van der Waals surface area contributed by atoms with Crippen LogP contribution in [0.5, 0.6) is 0 Å². The molecule has 0 bridgehead atoms. The van der Waals surface area contributed by atoms with Gasteiger partial charge < -0.3 is 4.90 Å². The van der Waals surface area contributed by atoms with E-state index in [9.17, 15) is 4.79 Å². The lowest BCUT2D eigenvalue weighted by atomic mass is 10.1. The van der Waals surface area contributed by atoms with Gasteiger partial charge in [0.15, 0.2) is 0 Å². The first-order valence-corrected chi connectivity index (χ1v) is 7.22. The molecule has 0 unspecified atom stereocenters. The molecule has 0 spiro atoms. The van der Waals surface area contributed by atoms with Gasteiger partial charge in [0.2, 0.25) is 0 Å². The van der Waals surface area contributed by atoms with Gasteiger partial charge in [-0.05, 0) is 24.1 Å². The van der Waals surface area contributed by atoms with E-state index in [2.05, 4.69) is 18.8 Å². The zero-order valence-corrected chi connectivity index (χ0v) is 12.3. The molecule has 0 saturated carbocycles. The van der Waals surface area contributed by atoms with Crippen molar-refractivity contribution in [3.05, 3.63) is 60.2 Å². The van der Waals surface area contributed by atoms with E-state index >= 15 is 0 Å². The van der Waals surface area contributed by atoms with Gasteiger partial charge >= 0.3 is 0 Å². The largest absolute Gasteiger partial charge is 0.306 e. The van der Waals surface area contributed by atoms with Crippen LogP contribution >= 0.6 is 0 Å².